The third kappa shape index (κ3) is 3.05. The Bertz CT molecular complexity index is 503. The van der Waals surface area contributed by atoms with Crippen LogP contribution in [0.15, 0.2) is 29.2 Å². The highest BCUT2D eigenvalue weighted by Gasteiger charge is 2.18. The van der Waals surface area contributed by atoms with E-state index >= 15 is 0 Å². The molecule has 0 saturated carbocycles. The zero-order valence-corrected chi connectivity index (χ0v) is 10.1. The lowest BCUT2D eigenvalue weighted by Gasteiger charge is -2.10. The van der Waals surface area contributed by atoms with Gasteiger partial charge in [-0.2, -0.15) is 9.98 Å². The second-order valence-electron chi connectivity index (χ2n) is 3.53. The minimum absolute atomic E-state index is 0.196. The lowest BCUT2D eigenvalue weighted by Crippen LogP contribution is -2.33. The Hall–Kier alpha value is -1.38. The van der Waals surface area contributed by atoms with Crippen LogP contribution in [0.3, 0.4) is 0 Å². The molecule has 0 aliphatic carbocycles. The lowest BCUT2D eigenvalue weighted by molar-refractivity contribution is 0.569. The van der Waals surface area contributed by atoms with Crippen molar-refractivity contribution in [1.29, 1.82) is 5.26 Å². The summed E-state index contributed by atoms with van der Waals surface area (Å²) < 4.78 is 26.0. The highest BCUT2D eigenvalue weighted by Crippen LogP contribution is 2.11. The predicted molar refractivity (Wildman–Crippen MR) is 61.2 cm³/mol. The zero-order chi connectivity index (χ0) is 12.2. The Kier molecular flexibility index (Phi) is 4.05. The fourth-order valence-electron chi connectivity index (χ4n) is 1.24. The largest absolute Gasteiger partial charge is 0.241 e. The van der Waals surface area contributed by atoms with Crippen molar-refractivity contribution >= 4 is 10.0 Å². The van der Waals surface area contributed by atoms with Gasteiger partial charge in [0.25, 0.3) is 0 Å². The van der Waals surface area contributed by atoms with E-state index in [-0.39, 0.29) is 4.90 Å². The molecule has 0 heterocycles. The van der Waals surface area contributed by atoms with E-state index in [4.69, 9.17) is 5.26 Å². The Morgan fingerprint density at radius 2 is 2.19 bits per heavy atom. The summed E-state index contributed by atoms with van der Waals surface area (Å²) in [6.07, 6.45) is 0.446. The van der Waals surface area contributed by atoms with Gasteiger partial charge < -0.3 is 0 Å². The molecule has 0 bridgehead atoms. The molecule has 0 amide bonds. The molecule has 0 radical (unpaired) electrons. The van der Waals surface area contributed by atoms with E-state index in [0.717, 1.165) is 5.56 Å². The smallest absolute Gasteiger partial charge is 0.207 e. The van der Waals surface area contributed by atoms with E-state index in [1.807, 2.05) is 19.1 Å². The van der Waals surface area contributed by atoms with Gasteiger partial charge in [-0.15, -0.1) is 0 Å². The third-order valence-corrected chi connectivity index (χ3v) is 3.63. The Balaban J connectivity index is 3.00. The molecule has 0 aliphatic heterocycles. The fraction of sp³-hybridized carbons (Fsp3) is 0.364. The van der Waals surface area contributed by atoms with E-state index in [9.17, 15) is 8.42 Å². The average Bonchev–Trinajstić information content (AvgIpc) is 2.26. The summed E-state index contributed by atoms with van der Waals surface area (Å²) in [4.78, 5) is 0.196. The molecular weight excluding hydrogens is 224 g/mol. The van der Waals surface area contributed by atoms with E-state index in [2.05, 4.69) is 4.72 Å². The minimum atomic E-state index is -3.58. The van der Waals surface area contributed by atoms with Crippen molar-refractivity contribution in [1.82, 2.24) is 4.72 Å². The molecular formula is C11H14N2O2S. The van der Waals surface area contributed by atoms with Gasteiger partial charge >= 0.3 is 0 Å². The lowest BCUT2D eigenvalue weighted by atomic mass is 10.2. The second-order valence-corrected chi connectivity index (χ2v) is 5.24. The first-order valence-electron chi connectivity index (χ1n) is 4.98. The first-order valence-corrected chi connectivity index (χ1v) is 6.46. The van der Waals surface area contributed by atoms with Crippen LogP contribution in [-0.2, 0) is 10.0 Å². The Labute approximate surface area is 96.0 Å². The average molecular weight is 238 g/mol. The van der Waals surface area contributed by atoms with Gasteiger partial charge in [-0.25, -0.2) is 8.42 Å². The van der Waals surface area contributed by atoms with Gasteiger partial charge in [0, 0.05) is 0 Å². The monoisotopic (exact) mass is 238 g/mol. The highest BCUT2D eigenvalue weighted by atomic mass is 32.2. The number of aryl methyl sites for hydroxylation is 1. The fourth-order valence-corrected chi connectivity index (χ4v) is 2.57. The van der Waals surface area contributed by atoms with Crippen molar-refractivity contribution in [2.75, 3.05) is 0 Å². The number of nitrogens with zero attached hydrogens (tertiary/aromatic N) is 1. The van der Waals surface area contributed by atoms with Crippen LogP contribution in [0.4, 0.5) is 0 Å². The molecule has 1 aromatic carbocycles. The van der Waals surface area contributed by atoms with Gasteiger partial charge in [0.15, 0.2) is 0 Å². The minimum Gasteiger partial charge on any atom is -0.207 e. The molecule has 0 aromatic heterocycles. The number of rotatable bonds is 4. The van der Waals surface area contributed by atoms with E-state index in [0.29, 0.717) is 6.42 Å². The van der Waals surface area contributed by atoms with Gasteiger partial charge in [-0.1, -0.05) is 19.1 Å². The van der Waals surface area contributed by atoms with Crippen LogP contribution in [-0.4, -0.2) is 14.5 Å². The molecule has 0 fully saturated rings. The number of nitrogens with one attached hydrogen (secondary N) is 1. The molecule has 1 atom stereocenters. The van der Waals surface area contributed by atoms with Crippen LogP contribution < -0.4 is 4.72 Å². The molecule has 86 valence electrons. The number of hydrogen-bond donors (Lipinski definition) is 1. The topological polar surface area (TPSA) is 70.0 Å². The Morgan fingerprint density at radius 3 is 2.69 bits per heavy atom. The van der Waals surface area contributed by atoms with Crippen LogP contribution >= 0.6 is 0 Å². The van der Waals surface area contributed by atoms with Crippen molar-refractivity contribution in [2.45, 2.75) is 31.2 Å². The molecule has 0 saturated heterocycles. The maximum absolute atomic E-state index is 11.9. The van der Waals surface area contributed by atoms with Gasteiger partial charge in [0.05, 0.1) is 11.0 Å². The normalized spacial score (nSPS) is 13.1. The van der Waals surface area contributed by atoms with E-state index < -0.39 is 16.1 Å². The predicted octanol–water partition coefficient (Wildman–Crippen LogP) is 1.58. The summed E-state index contributed by atoms with van der Waals surface area (Å²) in [5.41, 5.74) is 0.868. The summed E-state index contributed by atoms with van der Waals surface area (Å²) >= 11 is 0. The van der Waals surface area contributed by atoms with Crippen molar-refractivity contribution in [3.8, 4) is 6.07 Å². The van der Waals surface area contributed by atoms with E-state index in [1.54, 1.807) is 19.1 Å². The molecule has 16 heavy (non-hydrogen) atoms. The number of hydrogen-bond acceptors (Lipinski definition) is 3. The zero-order valence-electron chi connectivity index (χ0n) is 9.27. The van der Waals surface area contributed by atoms with Crippen molar-refractivity contribution in [3.05, 3.63) is 29.8 Å². The summed E-state index contributed by atoms with van der Waals surface area (Å²) in [7, 11) is -3.58. The van der Waals surface area contributed by atoms with Crippen LogP contribution in [0, 0.1) is 18.3 Å². The maximum atomic E-state index is 11.9. The molecule has 1 aromatic rings. The molecule has 4 nitrogen and oxygen atoms in total. The van der Waals surface area contributed by atoms with Crippen LogP contribution in [0.25, 0.3) is 0 Å². The molecule has 1 rings (SSSR count). The summed E-state index contributed by atoms with van der Waals surface area (Å²) in [6.45, 7) is 3.58. The van der Waals surface area contributed by atoms with Gasteiger partial charge in [0.2, 0.25) is 10.0 Å². The summed E-state index contributed by atoms with van der Waals surface area (Å²) in [5, 5.41) is 8.71. The third-order valence-electron chi connectivity index (χ3n) is 2.16. The number of sulfonamides is 1. The van der Waals surface area contributed by atoms with E-state index in [1.165, 1.54) is 6.07 Å². The van der Waals surface area contributed by atoms with Gasteiger partial charge in [-0.3, -0.25) is 0 Å². The molecule has 0 aliphatic rings. The highest BCUT2D eigenvalue weighted by molar-refractivity contribution is 7.89. The first-order chi connectivity index (χ1) is 7.49. The molecule has 0 spiro atoms. The molecule has 1 unspecified atom stereocenters. The number of nitriles is 1. The maximum Gasteiger partial charge on any atom is 0.241 e. The van der Waals surface area contributed by atoms with Crippen LogP contribution in [0.1, 0.15) is 18.9 Å². The van der Waals surface area contributed by atoms with Crippen LogP contribution in [0.2, 0.25) is 0 Å². The van der Waals surface area contributed by atoms with Crippen molar-refractivity contribution in [2.24, 2.45) is 0 Å². The van der Waals surface area contributed by atoms with Gasteiger partial charge in [0.1, 0.15) is 6.04 Å². The summed E-state index contributed by atoms with van der Waals surface area (Å²) in [5.74, 6) is 0. The Morgan fingerprint density at radius 1 is 1.50 bits per heavy atom. The summed E-state index contributed by atoms with van der Waals surface area (Å²) in [6, 6.07) is 7.81. The van der Waals surface area contributed by atoms with Gasteiger partial charge in [-0.05, 0) is 31.0 Å². The van der Waals surface area contributed by atoms with Crippen LogP contribution in [0.5, 0.6) is 0 Å². The molecule has 5 heteroatoms. The SMILES string of the molecule is CCC(C#N)NS(=O)(=O)c1cccc(C)c1. The first kappa shape index (κ1) is 12.7. The second kappa shape index (κ2) is 5.10. The van der Waals surface area contributed by atoms with Crippen molar-refractivity contribution in [3.63, 3.8) is 0 Å². The standard InChI is InChI=1S/C11H14N2O2S/c1-3-10(8-12)13-16(14,15)11-6-4-5-9(2)7-11/h4-7,10,13H,3H2,1-2H3. The van der Waals surface area contributed by atoms with Crippen molar-refractivity contribution < 1.29 is 8.42 Å². The quantitative estimate of drug-likeness (QED) is 0.865. The molecule has 1 N–H and O–H groups in total. The number of benzene rings is 1.